The third-order valence-electron chi connectivity index (χ3n) is 4.55. The summed E-state index contributed by atoms with van der Waals surface area (Å²) in [4.78, 5) is 4.48. The van der Waals surface area contributed by atoms with E-state index in [-0.39, 0.29) is 0 Å². The fraction of sp³-hybridized carbons (Fsp3) is 0.0400. The number of nitrogens with zero attached hydrogens (tertiary/aromatic N) is 2. The molecule has 0 aliphatic rings. The second-order valence-corrected chi connectivity index (χ2v) is 6.36. The number of ether oxygens (including phenoxy) is 1. The number of hydrogen-bond donors (Lipinski definition) is 0. The lowest BCUT2D eigenvalue weighted by Gasteiger charge is -2.03. The van der Waals surface area contributed by atoms with E-state index in [4.69, 9.17) is 9.15 Å². The Balaban J connectivity index is 1.83. The number of hydrogen-bond acceptors (Lipinski definition) is 4. The Morgan fingerprint density at radius 1 is 0.862 bits per heavy atom. The van der Waals surface area contributed by atoms with Gasteiger partial charge in [0.2, 0.25) is 5.88 Å². The van der Waals surface area contributed by atoms with E-state index in [0.717, 1.165) is 28.0 Å². The standard InChI is InChI=1S/C25H18N2O2/c1-28-21-14-12-18(13-15-21)17-27-25-22(16-26)23(19-8-4-2-5-9-19)24(29-25)20-10-6-3-7-11-20/h2-15,17H,1H3/b27-17+. The molecule has 29 heavy (non-hydrogen) atoms. The number of aliphatic imine (C=N–C) groups is 1. The molecule has 0 radical (unpaired) electrons. The third kappa shape index (κ3) is 3.80. The molecule has 1 aromatic heterocycles. The molecule has 4 nitrogen and oxygen atoms in total. The number of furan rings is 1. The Morgan fingerprint density at radius 3 is 2.07 bits per heavy atom. The molecule has 0 amide bonds. The zero-order chi connectivity index (χ0) is 20.1. The number of nitriles is 1. The van der Waals surface area contributed by atoms with Crippen LogP contribution in [0.5, 0.6) is 5.75 Å². The van der Waals surface area contributed by atoms with Gasteiger partial charge in [-0.05, 0) is 35.4 Å². The lowest BCUT2D eigenvalue weighted by atomic mass is 9.98. The van der Waals surface area contributed by atoms with Gasteiger partial charge in [-0.3, -0.25) is 0 Å². The number of rotatable bonds is 5. The van der Waals surface area contributed by atoms with Crippen molar-refractivity contribution in [3.8, 4) is 34.3 Å². The van der Waals surface area contributed by atoms with Gasteiger partial charge in [0.05, 0.1) is 7.11 Å². The zero-order valence-corrected chi connectivity index (χ0v) is 15.9. The van der Waals surface area contributed by atoms with E-state index in [1.165, 1.54) is 0 Å². The van der Waals surface area contributed by atoms with Crippen molar-refractivity contribution in [1.82, 2.24) is 0 Å². The molecule has 0 unspecified atom stereocenters. The molecule has 0 spiro atoms. The maximum atomic E-state index is 9.89. The molecule has 140 valence electrons. The Morgan fingerprint density at radius 2 is 1.48 bits per heavy atom. The number of methoxy groups -OCH3 is 1. The van der Waals surface area contributed by atoms with Gasteiger partial charge in [-0.2, -0.15) is 5.26 Å². The molecule has 0 saturated carbocycles. The van der Waals surface area contributed by atoms with Crippen molar-refractivity contribution in [2.45, 2.75) is 0 Å². The minimum atomic E-state index is 0.293. The predicted molar refractivity (Wildman–Crippen MR) is 115 cm³/mol. The summed E-state index contributed by atoms with van der Waals surface area (Å²) in [6.45, 7) is 0. The first kappa shape index (κ1) is 18.3. The third-order valence-corrected chi connectivity index (χ3v) is 4.55. The van der Waals surface area contributed by atoms with Crippen LogP contribution in [0.2, 0.25) is 0 Å². The molecule has 4 aromatic rings. The molecular weight excluding hydrogens is 360 g/mol. The molecule has 0 N–H and O–H groups in total. The monoisotopic (exact) mass is 378 g/mol. The minimum absolute atomic E-state index is 0.293. The van der Waals surface area contributed by atoms with Crippen molar-refractivity contribution in [2.24, 2.45) is 4.99 Å². The van der Waals surface area contributed by atoms with Crippen LogP contribution < -0.4 is 4.74 Å². The average Bonchev–Trinajstić information content (AvgIpc) is 3.17. The molecule has 3 aromatic carbocycles. The van der Waals surface area contributed by atoms with Crippen molar-refractivity contribution in [2.75, 3.05) is 7.11 Å². The Bertz CT molecular complexity index is 1170. The smallest absolute Gasteiger partial charge is 0.238 e. The highest BCUT2D eigenvalue weighted by Gasteiger charge is 2.22. The summed E-state index contributed by atoms with van der Waals surface area (Å²) in [5.74, 6) is 1.70. The largest absolute Gasteiger partial charge is 0.497 e. The van der Waals surface area contributed by atoms with Gasteiger partial charge in [0.1, 0.15) is 23.1 Å². The highest BCUT2D eigenvalue weighted by Crippen LogP contribution is 2.42. The molecule has 0 saturated heterocycles. The van der Waals surface area contributed by atoms with E-state index in [0.29, 0.717) is 17.2 Å². The van der Waals surface area contributed by atoms with Gasteiger partial charge in [-0.1, -0.05) is 60.7 Å². The van der Waals surface area contributed by atoms with E-state index in [1.807, 2.05) is 84.9 Å². The molecule has 1 heterocycles. The first-order valence-electron chi connectivity index (χ1n) is 9.16. The highest BCUT2D eigenvalue weighted by molar-refractivity contribution is 5.89. The second kappa shape index (κ2) is 8.28. The fourth-order valence-electron chi connectivity index (χ4n) is 3.11. The summed E-state index contributed by atoms with van der Waals surface area (Å²) in [5, 5.41) is 9.89. The Labute approximate surface area is 169 Å². The van der Waals surface area contributed by atoms with Crippen LogP contribution in [0, 0.1) is 11.3 Å². The lowest BCUT2D eigenvalue weighted by Crippen LogP contribution is -1.84. The molecule has 0 atom stereocenters. The van der Waals surface area contributed by atoms with E-state index in [2.05, 4.69) is 11.1 Å². The van der Waals surface area contributed by atoms with Crippen LogP contribution in [0.3, 0.4) is 0 Å². The second-order valence-electron chi connectivity index (χ2n) is 6.36. The average molecular weight is 378 g/mol. The normalized spacial score (nSPS) is 10.8. The summed E-state index contributed by atoms with van der Waals surface area (Å²) in [6, 6.07) is 29.3. The van der Waals surface area contributed by atoms with E-state index in [9.17, 15) is 5.26 Å². The quantitative estimate of drug-likeness (QED) is 0.386. The van der Waals surface area contributed by atoms with E-state index >= 15 is 0 Å². The first-order valence-corrected chi connectivity index (χ1v) is 9.16. The molecule has 0 bridgehead atoms. The van der Waals surface area contributed by atoms with E-state index < -0.39 is 0 Å². The van der Waals surface area contributed by atoms with E-state index in [1.54, 1.807) is 13.3 Å². The summed E-state index contributed by atoms with van der Waals surface area (Å²) < 4.78 is 11.3. The summed E-state index contributed by atoms with van der Waals surface area (Å²) >= 11 is 0. The number of benzene rings is 3. The maximum Gasteiger partial charge on any atom is 0.238 e. The minimum Gasteiger partial charge on any atom is -0.497 e. The van der Waals surface area contributed by atoms with Gasteiger partial charge in [0, 0.05) is 17.3 Å². The Kier molecular flexibility index (Phi) is 5.22. The predicted octanol–water partition coefficient (Wildman–Crippen LogP) is 6.24. The molecule has 0 aliphatic heterocycles. The van der Waals surface area contributed by atoms with Crippen LogP contribution >= 0.6 is 0 Å². The van der Waals surface area contributed by atoms with Crippen LogP contribution in [-0.4, -0.2) is 13.3 Å². The van der Waals surface area contributed by atoms with Gasteiger partial charge in [0.15, 0.2) is 0 Å². The summed E-state index contributed by atoms with van der Waals surface area (Å²) in [7, 11) is 1.63. The van der Waals surface area contributed by atoms with Gasteiger partial charge in [-0.25, -0.2) is 4.99 Å². The summed E-state index contributed by atoms with van der Waals surface area (Å²) in [5.41, 5.74) is 3.86. The highest BCUT2D eigenvalue weighted by atomic mass is 16.5. The lowest BCUT2D eigenvalue weighted by molar-refractivity contribution is 0.415. The zero-order valence-electron chi connectivity index (χ0n) is 15.9. The molecule has 0 fully saturated rings. The van der Waals surface area contributed by atoms with Gasteiger partial charge in [0.25, 0.3) is 0 Å². The molecule has 4 rings (SSSR count). The molecule has 0 aliphatic carbocycles. The SMILES string of the molecule is COc1ccc(/C=N/c2oc(-c3ccccc3)c(-c3ccccc3)c2C#N)cc1. The Hall–Kier alpha value is -4.10. The van der Waals surface area contributed by atoms with Crippen molar-refractivity contribution in [3.05, 3.63) is 96.1 Å². The van der Waals surface area contributed by atoms with Crippen LogP contribution in [0.15, 0.2) is 94.3 Å². The van der Waals surface area contributed by atoms with Gasteiger partial charge < -0.3 is 9.15 Å². The van der Waals surface area contributed by atoms with Gasteiger partial charge in [-0.15, -0.1) is 0 Å². The maximum absolute atomic E-state index is 9.89. The van der Waals surface area contributed by atoms with Crippen molar-refractivity contribution in [3.63, 3.8) is 0 Å². The van der Waals surface area contributed by atoms with Crippen molar-refractivity contribution >= 4 is 12.1 Å². The van der Waals surface area contributed by atoms with Crippen molar-refractivity contribution < 1.29 is 9.15 Å². The molecular formula is C25H18N2O2. The van der Waals surface area contributed by atoms with Gasteiger partial charge >= 0.3 is 0 Å². The fourth-order valence-corrected chi connectivity index (χ4v) is 3.11. The molecule has 4 heteroatoms. The van der Waals surface area contributed by atoms with Crippen LogP contribution in [0.1, 0.15) is 11.1 Å². The van der Waals surface area contributed by atoms with Crippen LogP contribution in [-0.2, 0) is 0 Å². The first-order chi connectivity index (χ1) is 14.3. The topological polar surface area (TPSA) is 58.5 Å². The summed E-state index contributed by atoms with van der Waals surface area (Å²) in [6.07, 6.45) is 1.68. The van der Waals surface area contributed by atoms with Crippen molar-refractivity contribution in [1.29, 1.82) is 5.26 Å². The van der Waals surface area contributed by atoms with Crippen LogP contribution in [0.4, 0.5) is 5.88 Å². The van der Waals surface area contributed by atoms with Crippen LogP contribution in [0.25, 0.3) is 22.5 Å².